The Kier molecular flexibility index (Phi) is 4.98. The standard InChI is InChI=1S/C15H21N3O/c1-19-11-4-2-3-9-17-14-8-10-18-15-12(14)6-5-7-13(15)16/h5-8,10H,2-4,9,11,16H2,1H3,(H,17,18). The number of methoxy groups -OCH3 is 1. The summed E-state index contributed by atoms with van der Waals surface area (Å²) >= 11 is 0. The summed E-state index contributed by atoms with van der Waals surface area (Å²) in [6.45, 7) is 1.80. The van der Waals surface area contributed by atoms with Gasteiger partial charge in [0.2, 0.25) is 0 Å². The van der Waals surface area contributed by atoms with E-state index < -0.39 is 0 Å². The average Bonchev–Trinajstić information content (AvgIpc) is 2.43. The molecule has 1 aromatic carbocycles. The summed E-state index contributed by atoms with van der Waals surface area (Å²) in [5.41, 5.74) is 8.62. The SMILES string of the molecule is COCCCCCNc1ccnc2c(N)cccc12. The molecular weight excluding hydrogens is 238 g/mol. The minimum atomic E-state index is 0.723. The van der Waals surface area contributed by atoms with Crippen LogP contribution in [0.5, 0.6) is 0 Å². The zero-order valence-electron chi connectivity index (χ0n) is 11.4. The van der Waals surface area contributed by atoms with E-state index in [1.807, 2.05) is 24.3 Å². The van der Waals surface area contributed by atoms with Crippen LogP contribution in [-0.2, 0) is 4.74 Å². The minimum absolute atomic E-state index is 0.723. The van der Waals surface area contributed by atoms with Crippen molar-refractivity contribution < 1.29 is 4.74 Å². The van der Waals surface area contributed by atoms with E-state index in [1.54, 1.807) is 13.3 Å². The third-order valence-electron chi connectivity index (χ3n) is 3.14. The molecule has 2 aromatic rings. The Labute approximate surface area is 114 Å². The van der Waals surface area contributed by atoms with Crippen molar-refractivity contribution in [1.82, 2.24) is 4.98 Å². The molecular formula is C15H21N3O. The molecule has 102 valence electrons. The van der Waals surface area contributed by atoms with Crippen LogP contribution >= 0.6 is 0 Å². The molecule has 19 heavy (non-hydrogen) atoms. The van der Waals surface area contributed by atoms with Crippen molar-refractivity contribution in [2.75, 3.05) is 31.3 Å². The van der Waals surface area contributed by atoms with Crippen molar-refractivity contribution in [3.63, 3.8) is 0 Å². The van der Waals surface area contributed by atoms with Crippen molar-refractivity contribution >= 4 is 22.3 Å². The summed E-state index contributed by atoms with van der Waals surface area (Å²) in [6.07, 6.45) is 5.22. The lowest BCUT2D eigenvalue weighted by Crippen LogP contribution is -2.03. The van der Waals surface area contributed by atoms with Crippen LogP contribution in [0.2, 0.25) is 0 Å². The molecule has 1 heterocycles. The van der Waals surface area contributed by atoms with Crippen LogP contribution in [0, 0.1) is 0 Å². The van der Waals surface area contributed by atoms with Crippen molar-refractivity contribution in [1.29, 1.82) is 0 Å². The Bertz CT molecular complexity index is 528. The molecule has 0 saturated heterocycles. The third-order valence-corrected chi connectivity index (χ3v) is 3.14. The van der Waals surface area contributed by atoms with Gasteiger partial charge in [-0.1, -0.05) is 12.1 Å². The summed E-state index contributed by atoms with van der Waals surface area (Å²) in [5, 5.41) is 4.54. The van der Waals surface area contributed by atoms with Crippen LogP contribution < -0.4 is 11.1 Å². The molecule has 0 spiro atoms. The number of anilines is 2. The van der Waals surface area contributed by atoms with Crippen LogP contribution in [0.4, 0.5) is 11.4 Å². The number of rotatable bonds is 7. The third kappa shape index (κ3) is 3.58. The predicted molar refractivity (Wildman–Crippen MR) is 80.4 cm³/mol. The molecule has 3 N–H and O–H groups in total. The molecule has 4 nitrogen and oxygen atoms in total. The molecule has 1 aromatic heterocycles. The molecule has 0 radical (unpaired) electrons. The van der Waals surface area contributed by atoms with Crippen LogP contribution in [0.3, 0.4) is 0 Å². The fourth-order valence-electron chi connectivity index (χ4n) is 2.12. The second kappa shape index (κ2) is 6.95. The maximum absolute atomic E-state index is 5.93. The van der Waals surface area contributed by atoms with Gasteiger partial charge in [0.25, 0.3) is 0 Å². The molecule has 0 bridgehead atoms. The smallest absolute Gasteiger partial charge is 0.0951 e. The highest BCUT2D eigenvalue weighted by Gasteiger charge is 2.03. The second-order valence-electron chi connectivity index (χ2n) is 4.58. The topological polar surface area (TPSA) is 60.2 Å². The first-order chi connectivity index (χ1) is 9.33. The summed E-state index contributed by atoms with van der Waals surface area (Å²) < 4.78 is 5.03. The first-order valence-electron chi connectivity index (χ1n) is 6.69. The van der Waals surface area contributed by atoms with Crippen molar-refractivity contribution in [3.8, 4) is 0 Å². The normalized spacial score (nSPS) is 10.8. The first-order valence-corrected chi connectivity index (χ1v) is 6.69. The molecule has 0 aliphatic heterocycles. The molecule has 0 aliphatic rings. The second-order valence-corrected chi connectivity index (χ2v) is 4.58. The zero-order valence-corrected chi connectivity index (χ0v) is 11.4. The van der Waals surface area contributed by atoms with Gasteiger partial charge in [-0.05, 0) is 31.4 Å². The number of nitrogens with two attached hydrogens (primary N) is 1. The molecule has 0 unspecified atom stereocenters. The number of pyridine rings is 1. The Hall–Kier alpha value is -1.81. The molecule has 0 fully saturated rings. The first kappa shape index (κ1) is 13.6. The number of hydrogen-bond donors (Lipinski definition) is 2. The number of nitrogen functional groups attached to an aromatic ring is 1. The number of aromatic nitrogens is 1. The Balaban J connectivity index is 1.95. The van der Waals surface area contributed by atoms with E-state index >= 15 is 0 Å². The zero-order chi connectivity index (χ0) is 13.5. The number of nitrogens with zero attached hydrogens (tertiary/aromatic N) is 1. The van der Waals surface area contributed by atoms with Gasteiger partial charge in [0.05, 0.1) is 11.2 Å². The largest absolute Gasteiger partial charge is 0.397 e. The minimum Gasteiger partial charge on any atom is -0.397 e. The van der Waals surface area contributed by atoms with E-state index in [0.29, 0.717) is 0 Å². The van der Waals surface area contributed by atoms with E-state index in [9.17, 15) is 0 Å². The van der Waals surface area contributed by atoms with Gasteiger partial charge in [-0.15, -0.1) is 0 Å². The maximum Gasteiger partial charge on any atom is 0.0951 e. The molecule has 0 atom stereocenters. The van der Waals surface area contributed by atoms with Crippen LogP contribution in [-0.4, -0.2) is 25.2 Å². The number of nitrogens with one attached hydrogen (secondary N) is 1. The number of benzene rings is 1. The molecule has 0 aliphatic carbocycles. The summed E-state index contributed by atoms with van der Waals surface area (Å²) in [5.74, 6) is 0. The molecule has 2 rings (SSSR count). The number of unbranched alkanes of at least 4 members (excludes halogenated alkanes) is 2. The van der Waals surface area contributed by atoms with Crippen molar-refractivity contribution in [2.45, 2.75) is 19.3 Å². The fourth-order valence-corrected chi connectivity index (χ4v) is 2.12. The monoisotopic (exact) mass is 259 g/mol. The van der Waals surface area contributed by atoms with Crippen LogP contribution in [0.15, 0.2) is 30.5 Å². The van der Waals surface area contributed by atoms with Crippen LogP contribution in [0.1, 0.15) is 19.3 Å². The lowest BCUT2D eigenvalue weighted by Gasteiger charge is -2.10. The quantitative estimate of drug-likeness (QED) is 0.592. The molecule has 0 amide bonds. The van der Waals surface area contributed by atoms with E-state index in [-0.39, 0.29) is 0 Å². The van der Waals surface area contributed by atoms with Crippen LogP contribution in [0.25, 0.3) is 10.9 Å². The summed E-state index contributed by atoms with van der Waals surface area (Å²) in [4.78, 5) is 4.33. The van der Waals surface area contributed by atoms with Gasteiger partial charge >= 0.3 is 0 Å². The highest BCUT2D eigenvalue weighted by atomic mass is 16.5. The van der Waals surface area contributed by atoms with E-state index in [0.717, 1.165) is 48.3 Å². The number of hydrogen-bond acceptors (Lipinski definition) is 4. The highest BCUT2D eigenvalue weighted by Crippen LogP contribution is 2.25. The number of fused-ring (bicyclic) bond motifs is 1. The maximum atomic E-state index is 5.93. The Morgan fingerprint density at radius 1 is 1.21 bits per heavy atom. The average molecular weight is 259 g/mol. The lowest BCUT2D eigenvalue weighted by atomic mass is 10.1. The van der Waals surface area contributed by atoms with Gasteiger partial charge in [-0.25, -0.2) is 0 Å². The fraction of sp³-hybridized carbons (Fsp3) is 0.400. The van der Waals surface area contributed by atoms with E-state index in [4.69, 9.17) is 10.5 Å². The van der Waals surface area contributed by atoms with Crippen molar-refractivity contribution in [3.05, 3.63) is 30.5 Å². The van der Waals surface area contributed by atoms with Gasteiger partial charge in [0, 0.05) is 37.5 Å². The van der Waals surface area contributed by atoms with Gasteiger partial charge < -0.3 is 15.8 Å². The van der Waals surface area contributed by atoms with Crippen molar-refractivity contribution in [2.24, 2.45) is 0 Å². The lowest BCUT2D eigenvalue weighted by molar-refractivity contribution is 0.192. The van der Waals surface area contributed by atoms with Gasteiger partial charge in [0.1, 0.15) is 0 Å². The number of ether oxygens (including phenoxy) is 1. The van der Waals surface area contributed by atoms with Gasteiger partial charge in [-0.2, -0.15) is 0 Å². The van der Waals surface area contributed by atoms with Gasteiger partial charge in [0.15, 0.2) is 0 Å². The Morgan fingerprint density at radius 3 is 2.95 bits per heavy atom. The summed E-state index contributed by atoms with van der Waals surface area (Å²) in [6, 6.07) is 7.88. The Morgan fingerprint density at radius 2 is 2.11 bits per heavy atom. The predicted octanol–water partition coefficient (Wildman–Crippen LogP) is 3.05. The summed E-state index contributed by atoms with van der Waals surface area (Å²) in [7, 11) is 1.74. The van der Waals surface area contributed by atoms with E-state index in [2.05, 4.69) is 10.3 Å². The van der Waals surface area contributed by atoms with Gasteiger partial charge in [-0.3, -0.25) is 4.98 Å². The van der Waals surface area contributed by atoms with E-state index in [1.165, 1.54) is 6.42 Å². The molecule has 0 saturated carbocycles. The molecule has 4 heteroatoms. The number of para-hydroxylation sites is 1. The highest BCUT2D eigenvalue weighted by molar-refractivity contribution is 5.97.